The first-order valence-corrected chi connectivity index (χ1v) is 6.46. The Bertz CT molecular complexity index is 505. The van der Waals surface area contributed by atoms with Crippen LogP contribution in [0.4, 0.5) is 5.69 Å². The van der Waals surface area contributed by atoms with Crippen molar-refractivity contribution in [1.29, 1.82) is 0 Å². The predicted octanol–water partition coefficient (Wildman–Crippen LogP) is 1.85. The lowest BCUT2D eigenvalue weighted by Gasteiger charge is -2.12. The molecular formula is C14H16N2O2. The third-order valence-corrected chi connectivity index (χ3v) is 3.69. The van der Waals surface area contributed by atoms with Crippen molar-refractivity contribution in [2.24, 2.45) is 0 Å². The fraction of sp³-hybridized carbons (Fsp3) is 0.429. The molecule has 1 aliphatic heterocycles. The van der Waals surface area contributed by atoms with Crippen LogP contribution in [0.3, 0.4) is 0 Å². The van der Waals surface area contributed by atoms with Gasteiger partial charge in [0.05, 0.1) is 6.42 Å². The molecule has 0 saturated heterocycles. The number of amides is 2. The highest BCUT2D eigenvalue weighted by atomic mass is 16.2. The van der Waals surface area contributed by atoms with Crippen LogP contribution in [-0.2, 0) is 11.2 Å². The van der Waals surface area contributed by atoms with Crippen LogP contribution < -0.4 is 10.6 Å². The van der Waals surface area contributed by atoms with E-state index in [9.17, 15) is 9.59 Å². The topological polar surface area (TPSA) is 58.2 Å². The van der Waals surface area contributed by atoms with Gasteiger partial charge in [-0.1, -0.05) is 18.9 Å². The average Bonchev–Trinajstić information content (AvgIpc) is 2.95. The first-order valence-electron chi connectivity index (χ1n) is 6.46. The van der Waals surface area contributed by atoms with Gasteiger partial charge in [-0.2, -0.15) is 0 Å². The van der Waals surface area contributed by atoms with Crippen molar-refractivity contribution in [1.82, 2.24) is 5.32 Å². The summed E-state index contributed by atoms with van der Waals surface area (Å²) in [6, 6.07) is 5.74. The molecule has 0 radical (unpaired) electrons. The molecule has 0 aromatic heterocycles. The van der Waals surface area contributed by atoms with Crippen LogP contribution in [0.1, 0.15) is 41.6 Å². The van der Waals surface area contributed by atoms with E-state index in [0.717, 1.165) is 24.1 Å². The Morgan fingerprint density at radius 1 is 1.28 bits per heavy atom. The van der Waals surface area contributed by atoms with E-state index in [2.05, 4.69) is 10.6 Å². The predicted molar refractivity (Wildman–Crippen MR) is 68.5 cm³/mol. The van der Waals surface area contributed by atoms with Crippen LogP contribution in [0.2, 0.25) is 0 Å². The molecule has 2 aliphatic rings. The maximum absolute atomic E-state index is 12.1. The molecule has 18 heavy (non-hydrogen) atoms. The third kappa shape index (κ3) is 2.10. The molecule has 4 heteroatoms. The summed E-state index contributed by atoms with van der Waals surface area (Å²) in [7, 11) is 0. The summed E-state index contributed by atoms with van der Waals surface area (Å²) in [4.78, 5) is 23.3. The van der Waals surface area contributed by atoms with Crippen LogP contribution in [0.15, 0.2) is 18.2 Å². The van der Waals surface area contributed by atoms with Crippen LogP contribution in [-0.4, -0.2) is 17.9 Å². The molecule has 0 bridgehead atoms. The molecule has 1 aromatic carbocycles. The van der Waals surface area contributed by atoms with Crippen LogP contribution in [0, 0.1) is 0 Å². The summed E-state index contributed by atoms with van der Waals surface area (Å²) >= 11 is 0. The molecule has 1 aliphatic carbocycles. The summed E-state index contributed by atoms with van der Waals surface area (Å²) in [5, 5.41) is 5.81. The van der Waals surface area contributed by atoms with E-state index in [1.54, 1.807) is 12.1 Å². The zero-order valence-electron chi connectivity index (χ0n) is 10.2. The van der Waals surface area contributed by atoms with E-state index in [1.165, 1.54) is 12.8 Å². The summed E-state index contributed by atoms with van der Waals surface area (Å²) in [6.07, 6.45) is 4.97. The van der Waals surface area contributed by atoms with E-state index in [4.69, 9.17) is 0 Å². The smallest absolute Gasteiger partial charge is 0.251 e. The number of nitrogens with one attached hydrogen (secondary N) is 2. The minimum Gasteiger partial charge on any atom is -0.349 e. The highest BCUT2D eigenvalue weighted by Crippen LogP contribution is 2.24. The number of benzene rings is 1. The molecule has 0 atom stereocenters. The Hall–Kier alpha value is -1.84. The highest BCUT2D eigenvalue weighted by molar-refractivity contribution is 6.02. The van der Waals surface area contributed by atoms with E-state index in [0.29, 0.717) is 18.0 Å². The van der Waals surface area contributed by atoms with Crippen molar-refractivity contribution < 1.29 is 9.59 Å². The van der Waals surface area contributed by atoms with E-state index < -0.39 is 0 Å². The second kappa shape index (κ2) is 4.44. The van der Waals surface area contributed by atoms with Gasteiger partial charge in [0, 0.05) is 17.3 Å². The van der Waals surface area contributed by atoms with Gasteiger partial charge >= 0.3 is 0 Å². The minimum atomic E-state index is -0.0363. The molecule has 3 rings (SSSR count). The molecule has 2 amide bonds. The van der Waals surface area contributed by atoms with Crippen molar-refractivity contribution in [2.75, 3.05) is 5.32 Å². The molecule has 1 aromatic rings. The number of hydrogen-bond donors (Lipinski definition) is 2. The first kappa shape index (κ1) is 11.3. The van der Waals surface area contributed by atoms with Gasteiger partial charge in [-0.15, -0.1) is 0 Å². The second-order valence-corrected chi connectivity index (χ2v) is 5.05. The van der Waals surface area contributed by atoms with E-state index in [-0.39, 0.29) is 11.8 Å². The van der Waals surface area contributed by atoms with Crippen molar-refractivity contribution in [2.45, 2.75) is 38.1 Å². The monoisotopic (exact) mass is 244 g/mol. The summed E-state index contributed by atoms with van der Waals surface area (Å²) < 4.78 is 0. The standard InChI is InChI=1S/C14H16N2O2/c17-13-8-9-5-6-10(7-12(9)16-13)14(18)15-11-3-1-2-4-11/h5-7,11H,1-4,8H2,(H,15,18)(H,16,17). The Kier molecular flexibility index (Phi) is 2.78. The summed E-state index contributed by atoms with van der Waals surface area (Å²) in [6.45, 7) is 0. The number of rotatable bonds is 2. The van der Waals surface area contributed by atoms with Crippen molar-refractivity contribution >= 4 is 17.5 Å². The van der Waals surface area contributed by atoms with Crippen molar-refractivity contribution in [3.05, 3.63) is 29.3 Å². The Morgan fingerprint density at radius 3 is 2.83 bits per heavy atom. The Balaban J connectivity index is 1.74. The SMILES string of the molecule is O=C1Cc2ccc(C(=O)NC3CCCC3)cc2N1. The molecule has 4 nitrogen and oxygen atoms in total. The zero-order chi connectivity index (χ0) is 12.5. The fourth-order valence-electron chi connectivity index (χ4n) is 2.69. The van der Waals surface area contributed by atoms with Gasteiger partial charge in [0.15, 0.2) is 0 Å². The quantitative estimate of drug-likeness (QED) is 0.834. The zero-order valence-corrected chi connectivity index (χ0v) is 10.2. The van der Waals surface area contributed by atoms with Crippen LogP contribution in [0.5, 0.6) is 0 Å². The van der Waals surface area contributed by atoms with Gasteiger partial charge in [0.25, 0.3) is 5.91 Å². The highest BCUT2D eigenvalue weighted by Gasteiger charge is 2.21. The molecular weight excluding hydrogens is 228 g/mol. The lowest BCUT2D eigenvalue weighted by atomic mass is 10.1. The van der Waals surface area contributed by atoms with E-state index >= 15 is 0 Å². The van der Waals surface area contributed by atoms with Gasteiger partial charge in [0.1, 0.15) is 0 Å². The average molecular weight is 244 g/mol. The number of anilines is 1. The molecule has 1 heterocycles. The number of carbonyl (C=O) groups excluding carboxylic acids is 2. The Morgan fingerprint density at radius 2 is 2.06 bits per heavy atom. The minimum absolute atomic E-state index is 0.00153. The molecule has 1 saturated carbocycles. The van der Waals surface area contributed by atoms with Gasteiger partial charge in [-0.3, -0.25) is 9.59 Å². The largest absolute Gasteiger partial charge is 0.349 e. The number of hydrogen-bond acceptors (Lipinski definition) is 2. The fourth-order valence-corrected chi connectivity index (χ4v) is 2.69. The lowest BCUT2D eigenvalue weighted by molar-refractivity contribution is -0.115. The lowest BCUT2D eigenvalue weighted by Crippen LogP contribution is -2.32. The first-order chi connectivity index (χ1) is 8.72. The van der Waals surface area contributed by atoms with Gasteiger partial charge in [-0.05, 0) is 30.5 Å². The maximum Gasteiger partial charge on any atom is 0.251 e. The van der Waals surface area contributed by atoms with Crippen molar-refractivity contribution in [3.63, 3.8) is 0 Å². The summed E-state index contributed by atoms with van der Waals surface area (Å²) in [5.74, 6) is -0.0378. The normalized spacial score (nSPS) is 18.6. The van der Waals surface area contributed by atoms with Gasteiger partial charge < -0.3 is 10.6 Å². The van der Waals surface area contributed by atoms with E-state index in [1.807, 2.05) is 6.07 Å². The van der Waals surface area contributed by atoms with Crippen LogP contribution >= 0.6 is 0 Å². The molecule has 0 unspecified atom stereocenters. The molecule has 2 N–H and O–H groups in total. The van der Waals surface area contributed by atoms with Gasteiger partial charge in [-0.25, -0.2) is 0 Å². The number of fused-ring (bicyclic) bond motifs is 1. The second-order valence-electron chi connectivity index (χ2n) is 5.05. The molecule has 0 spiro atoms. The molecule has 94 valence electrons. The van der Waals surface area contributed by atoms with Crippen LogP contribution in [0.25, 0.3) is 0 Å². The maximum atomic E-state index is 12.1. The molecule has 1 fully saturated rings. The van der Waals surface area contributed by atoms with Crippen molar-refractivity contribution in [3.8, 4) is 0 Å². The summed E-state index contributed by atoms with van der Waals surface area (Å²) in [5.41, 5.74) is 2.37. The third-order valence-electron chi connectivity index (χ3n) is 3.69. The van der Waals surface area contributed by atoms with Gasteiger partial charge in [0.2, 0.25) is 5.91 Å². The Labute approximate surface area is 106 Å². The number of carbonyl (C=O) groups is 2.